The molecule has 3 saturated heterocycles. The Bertz CT molecular complexity index is 2670. The summed E-state index contributed by atoms with van der Waals surface area (Å²) in [5.74, 6) is 0.160. The molecule has 0 radical (unpaired) electrons. The molecule has 0 spiro atoms. The van der Waals surface area contributed by atoms with Crippen molar-refractivity contribution in [2.24, 2.45) is 0 Å². The highest BCUT2D eigenvalue weighted by atomic mass is 16.5. The second kappa shape index (κ2) is 14.4. The van der Waals surface area contributed by atoms with Gasteiger partial charge >= 0.3 is 0 Å². The molecule has 6 atom stereocenters. The molecule has 0 N–H and O–H groups in total. The minimum Gasteiger partial charge on any atom is -0.351 e. The van der Waals surface area contributed by atoms with E-state index in [0.717, 1.165) is 49.7 Å². The van der Waals surface area contributed by atoms with Crippen LogP contribution in [0.25, 0.3) is 10.8 Å². The van der Waals surface area contributed by atoms with Crippen LogP contribution in [0.2, 0.25) is 0 Å². The standard InChI is InChI=1S/C21H17NO2.C17H15NO2.C13H13NO2/c1-21-13-24-20(14-7-3-2-4-8-14)22(21)19(23)17-11-15-9-5-6-10-16(15)12-18(17)21;1-17-11-20-16(12-7-3-2-4-8-12)18(17)15(19)13-9-5-6-10-14(13)17;1-13-8-7-11(15)14(13)12(16-9-13)10-5-3-2-4-6-10/h2-12,20H,13H2,1H3;2-10,16H,11H2,1H3;2-8,12H,9H2,1H3/t20-,21-;16-,17-;12-,13+/m000/s1. The van der Waals surface area contributed by atoms with Crippen molar-refractivity contribution in [3.63, 3.8) is 0 Å². The Morgan fingerprint density at radius 3 is 1.47 bits per heavy atom. The third-order valence-electron chi connectivity index (χ3n) is 12.8. The van der Waals surface area contributed by atoms with E-state index in [1.807, 2.05) is 161 Å². The normalized spacial score (nSPS) is 27.8. The zero-order chi connectivity index (χ0) is 41.2. The van der Waals surface area contributed by atoms with Gasteiger partial charge in [0.2, 0.25) is 5.91 Å². The van der Waals surface area contributed by atoms with Crippen molar-refractivity contribution in [1.29, 1.82) is 0 Å². The molecule has 9 nitrogen and oxygen atoms in total. The van der Waals surface area contributed by atoms with Gasteiger partial charge in [0, 0.05) is 33.9 Å². The van der Waals surface area contributed by atoms with Crippen molar-refractivity contribution in [1.82, 2.24) is 14.7 Å². The van der Waals surface area contributed by atoms with Crippen molar-refractivity contribution in [3.05, 3.63) is 203 Å². The van der Waals surface area contributed by atoms with Crippen molar-refractivity contribution in [3.8, 4) is 0 Å². The van der Waals surface area contributed by atoms with Crippen LogP contribution in [0, 0.1) is 0 Å². The molecular formula is C51H45N3O6. The second-order valence-corrected chi connectivity index (χ2v) is 16.8. The molecule has 6 heterocycles. The van der Waals surface area contributed by atoms with Crippen LogP contribution in [0.1, 0.15) is 88.0 Å². The summed E-state index contributed by atoms with van der Waals surface area (Å²) in [5, 5.41) is 2.27. The highest BCUT2D eigenvalue weighted by molar-refractivity contribution is 6.04. The number of rotatable bonds is 3. The van der Waals surface area contributed by atoms with E-state index in [2.05, 4.69) is 32.0 Å². The van der Waals surface area contributed by atoms with Crippen LogP contribution in [0.4, 0.5) is 0 Å². The van der Waals surface area contributed by atoms with Gasteiger partial charge < -0.3 is 14.2 Å². The quantitative estimate of drug-likeness (QED) is 0.178. The number of benzene rings is 6. The van der Waals surface area contributed by atoms with E-state index in [0.29, 0.717) is 19.8 Å². The van der Waals surface area contributed by atoms with Crippen LogP contribution < -0.4 is 0 Å². The maximum absolute atomic E-state index is 13.2. The van der Waals surface area contributed by atoms with Crippen LogP contribution in [-0.4, -0.2) is 57.8 Å². The molecule has 6 aliphatic rings. The SMILES string of the molecule is C[C@@]12CO[C@@H](c3ccccc3)N1C(=O)c1cc3ccccc3cc12.C[C@@]12CO[C@@H](c3ccccc3)N1C(=O)c1ccccc12.C[C@]12C=CC(=O)N1[C@H](c1ccccc1)OC2. The molecular weight excluding hydrogens is 751 g/mol. The summed E-state index contributed by atoms with van der Waals surface area (Å²) in [7, 11) is 0. The summed E-state index contributed by atoms with van der Waals surface area (Å²) in [6.07, 6.45) is 2.71. The predicted octanol–water partition coefficient (Wildman–Crippen LogP) is 9.20. The first-order valence-electron chi connectivity index (χ1n) is 20.4. The Balaban J connectivity index is 0.000000111. The fraction of sp³-hybridized carbons (Fsp3) is 0.235. The number of carbonyl (C=O) groups is 3. The van der Waals surface area contributed by atoms with E-state index in [-0.39, 0.29) is 47.5 Å². The maximum atomic E-state index is 13.2. The average molecular weight is 796 g/mol. The highest BCUT2D eigenvalue weighted by Crippen LogP contribution is 2.51. The monoisotopic (exact) mass is 795 g/mol. The first-order valence-corrected chi connectivity index (χ1v) is 20.4. The van der Waals surface area contributed by atoms with E-state index in [1.165, 1.54) is 0 Å². The first-order chi connectivity index (χ1) is 29.1. The Kier molecular flexibility index (Phi) is 9.09. The number of ether oxygens (including phenoxy) is 3. The molecule has 6 aromatic carbocycles. The fourth-order valence-corrected chi connectivity index (χ4v) is 9.70. The number of amides is 3. The van der Waals surface area contributed by atoms with Gasteiger partial charge in [-0.15, -0.1) is 0 Å². The Hall–Kier alpha value is -6.39. The molecule has 6 aliphatic heterocycles. The molecule has 12 rings (SSSR count). The molecule has 6 aromatic rings. The van der Waals surface area contributed by atoms with Gasteiger partial charge in [-0.05, 0) is 60.9 Å². The molecule has 3 fully saturated rings. The lowest BCUT2D eigenvalue weighted by Gasteiger charge is -2.30. The van der Waals surface area contributed by atoms with Gasteiger partial charge in [0.25, 0.3) is 11.8 Å². The van der Waals surface area contributed by atoms with Crippen molar-refractivity contribution in [2.75, 3.05) is 19.8 Å². The molecule has 3 amide bonds. The van der Waals surface area contributed by atoms with E-state index < -0.39 is 5.54 Å². The third kappa shape index (κ3) is 5.91. The van der Waals surface area contributed by atoms with Crippen LogP contribution in [0.15, 0.2) is 164 Å². The molecule has 0 aliphatic carbocycles. The maximum Gasteiger partial charge on any atom is 0.257 e. The molecule has 300 valence electrons. The molecule has 0 saturated carbocycles. The Labute approximate surface area is 349 Å². The van der Waals surface area contributed by atoms with Gasteiger partial charge in [0.1, 0.15) is 0 Å². The Morgan fingerprint density at radius 2 is 0.900 bits per heavy atom. The van der Waals surface area contributed by atoms with Gasteiger partial charge in [-0.1, -0.05) is 140 Å². The summed E-state index contributed by atoms with van der Waals surface area (Å²) in [6.45, 7) is 7.83. The predicted molar refractivity (Wildman–Crippen MR) is 227 cm³/mol. The summed E-state index contributed by atoms with van der Waals surface area (Å²) in [4.78, 5) is 43.3. The number of fused-ring (bicyclic) bond motifs is 8. The zero-order valence-electron chi connectivity index (χ0n) is 33.7. The Morgan fingerprint density at radius 1 is 0.467 bits per heavy atom. The first kappa shape index (κ1) is 37.9. The number of hydrogen-bond donors (Lipinski definition) is 0. The number of hydrogen-bond acceptors (Lipinski definition) is 6. The van der Waals surface area contributed by atoms with E-state index in [4.69, 9.17) is 14.2 Å². The molecule has 9 heteroatoms. The summed E-state index contributed by atoms with van der Waals surface area (Å²) < 4.78 is 17.7. The summed E-state index contributed by atoms with van der Waals surface area (Å²) >= 11 is 0. The molecule has 60 heavy (non-hydrogen) atoms. The molecule has 0 aromatic heterocycles. The zero-order valence-corrected chi connectivity index (χ0v) is 33.7. The fourth-order valence-electron chi connectivity index (χ4n) is 9.70. The largest absolute Gasteiger partial charge is 0.351 e. The minimum absolute atomic E-state index is 0.0360. The van der Waals surface area contributed by atoms with E-state index >= 15 is 0 Å². The van der Waals surface area contributed by atoms with Gasteiger partial charge in [-0.25, -0.2) is 0 Å². The smallest absolute Gasteiger partial charge is 0.257 e. The van der Waals surface area contributed by atoms with Gasteiger partial charge in [0.15, 0.2) is 18.7 Å². The van der Waals surface area contributed by atoms with Gasteiger partial charge in [0.05, 0.1) is 36.4 Å². The second-order valence-electron chi connectivity index (χ2n) is 16.8. The van der Waals surface area contributed by atoms with E-state index in [1.54, 1.807) is 6.08 Å². The minimum atomic E-state index is -0.406. The van der Waals surface area contributed by atoms with Gasteiger partial charge in [-0.2, -0.15) is 0 Å². The highest BCUT2D eigenvalue weighted by Gasteiger charge is 2.56. The number of nitrogens with zero attached hydrogens (tertiary/aromatic N) is 3. The van der Waals surface area contributed by atoms with Crippen LogP contribution in [-0.2, 0) is 30.1 Å². The van der Waals surface area contributed by atoms with Crippen LogP contribution in [0.3, 0.4) is 0 Å². The van der Waals surface area contributed by atoms with E-state index in [9.17, 15) is 14.4 Å². The third-order valence-corrected chi connectivity index (χ3v) is 12.8. The lowest BCUT2D eigenvalue weighted by Crippen LogP contribution is -2.41. The van der Waals surface area contributed by atoms with Crippen molar-refractivity contribution < 1.29 is 28.6 Å². The number of carbonyl (C=O) groups excluding carboxylic acids is 3. The molecule has 0 bridgehead atoms. The lowest BCUT2D eigenvalue weighted by atomic mass is 9.90. The summed E-state index contributed by atoms with van der Waals surface area (Å²) in [5.41, 5.74) is 5.81. The lowest BCUT2D eigenvalue weighted by molar-refractivity contribution is -0.132. The van der Waals surface area contributed by atoms with Gasteiger partial charge in [-0.3, -0.25) is 29.1 Å². The average Bonchev–Trinajstić information content (AvgIpc) is 4.10. The van der Waals surface area contributed by atoms with Crippen LogP contribution in [0.5, 0.6) is 0 Å². The molecule has 0 unspecified atom stereocenters. The van der Waals surface area contributed by atoms with Crippen molar-refractivity contribution >= 4 is 28.5 Å². The van der Waals surface area contributed by atoms with Crippen LogP contribution >= 0.6 is 0 Å². The van der Waals surface area contributed by atoms with Crippen molar-refractivity contribution in [2.45, 2.75) is 56.1 Å². The summed E-state index contributed by atoms with van der Waals surface area (Å²) in [6, 6.07) is 50.0. The topological polar surface area (TPSA) is 88.6 Å².